The van der Waals surface area contributed by atoms with Crippen LogP contribution in [-0.2, 0) is 0 Å². The van der Waals surface area contributed by atoms with Crippen molar-refractivity contribution in [2.75, 3.05) is 0 Å². The molecule has 0 fully saturated rings. The van der Waals surface area contributed by atoms with Gasteiger partial charge in [-0.1, -0.05) is 22.8 Å². The van der Waals surface area contributed by atoms with E-state index in [-0.39, 0.29) is 5.84 Å². The number of hydrogen-bond donors (Lipinski definition) is 2. The van der Waals surface area contributed by atoms with Gasteiger partial charge in [-0.3, -0.25) is 0 Å². The number of aromatic nitrogens is 2. The van der Waals surface area contributed by atoms with Crippen molar-refractivity contribution in [2.24, 2.45) is 10.9 Å². The van der Waals surface area contributed by atoms with Gasteiger partial charge < -0.3 is 10.9 Å². The van der Waals surface area contributed by atoms with Crippen molar-refractivity contribution >= 4 is 17.4 Å². The zero-order valence-electron chi connectivity index (χ0n) is 9.13. The summed E-state index contributed by atoms with van der Waals surface area (Å²) < 4.78 is 1.63. The van der Waals surface area contributed by atoms with Gasteiger partial charge in [-0.05, 0) is 25.1 Å². The molecule has 3 N–H and O–H groups in total. The molecule has 0 bridgehead atoms. The van der Waals surface area contributed by atoms with E-state index in [9.17, 15) is 0 Å². The number of nitrogens with two attached hydrogens (primary N) is 1. The molecule has 2 rings (SSSR count). The first-order valence-electron chi connectivity index (χ1n) is 4.92. The number of amidine groups is 1. The highest BCUT2D eigenvalue weighted by Crippen LogP contribution is 2.22. The van der Waals surface area contributed by atoms with Crippen molar-refractivity contribution in [2.45, 2.75) is 6.92 Å². The maximum atomic E-state index is 8.76. The summed E-state index contributed by atoms with van der Waals surface area (Å²) in [5.74, 6) is -0.0428. The molecule has 0 aliphatic heterocycles. The summed E-state index contributed by atoms with van der Waals surface area (Å²) in [5.41, 5.74) is 7.61. The Morgan fingerprint density at radius 2 is 2.24 bits per heavy atom. The van der Waals surface area contributed by atoms with E-state index in [1.165, 1.54) is 0 Å². The fraction of sp³-hybridized carbons (Fsp3) is 0.0909. The van der Waals surface area contributed by atoms with Crippen molar-refractivity contribution in [3.05, 3.63) is 46.7 Å². The van der Waals surface area contributed by atoms with Crippen LogP contribution in [0.4, 0.5) is 0 Å². The van der Waals surface area contributed by atoms with Crippen LogP contribution < -0.4 is 5.73 Å². The quantitative estimate of drug-likeness (QED) is 0.370. The van der Waals surface area contributed by atoms with Gasteiger partial charge in [0.15, 0.2) is 5.84 Å². The standard InChI is InChI=1S/C11H11ClN4O/c1-7-5-6-16(14-7)9-4-2-3-8(12)10(9)11(13)15-17/h2-6,17H,1H3,(H2,13,15). The summed E-state index contributed by atoms with van der Waals surface area (Å²) in [4.78, 5) is 0. The first-order chi connectivity index (χ1) is 8.13. The lowest BCUT2D eigenvalue weighted by molar-refractivity contribution is 0.318. The third kappa shape index (κ3) is 2.09. The number of benzene rings is 1. The summed E-state index contributed by atoms with van der Waals surface area (Å²) in [5, 5.41) is 16.4. The highest BCUT2D eigenvalue weighted by molar-refractivity contribution is 6.34. The first-order valence-corrected chi connectivity index (χ1v) is 5.30. The summed E-state index contributed by atoms with van der Waals surface area (Å²) in [6.07, 6.45) is 1.79. The third-order valence-corrected chi connectivity index (χ3v) is 2.64. The number of hydrogen-bond acceptors (Lipinski definition) is 3. The molecule has 1 aromatic heterocycles. The summed E-state index contributed by atoms with van der Waals surface area (Å²) in [7, 11) is 0. The molecule has 17 heavy (non-hydrogen) atoms. The van der Waals surface area contributed by atoms with Crippen LogP contribution in [0, 0.1) is 6.92 Å². The van der Waals surface area contributed by atoms with Crippen LogP contribution in [-0.4, -0.2) is 20.8 Å². The topological polar surface area (TPSA) is 76.4 Å². The molecule has 0 saturated heterocycles. The Hall–Kier alpha value is -2.01. The van der Waals surface area contributed by atoms with Crippen molar-refractivity contribution in [3.63, 3.8) is 0 Å². The number of nitrogens with zero attached hydrogens (tertiary/aromatic N) is 3. The van der Waals surface area contributed by atoms with E-state index >= 15 is 0 Å². The second-order valence-electron chi connectivity index (χ2n) is 3.52. The summed E-state index contributed by atoms with van der Waals surface area (Å²) >= 11 is 6.05. The van der Waals surface area contributed by atoms with Crippen LogP contribution in [0.5, 0.6) is 0 Å². The molecule has 0 spiro atoms. The second kappa shape index (κ2) is 4.47. The van der Waals surface area contributed by atoms with Gasteiger partial charge in [-0.15, -0.1) is 0 Å². The lowest BCUT2D eigenvalue weighted by Crippen LogP contribution is -2.17. The SMILES string of the molecule is Cc1ccn(-c2cccc(Cl)c2C(N)=NO)n1. The highest BCUT2D eigenvalue weighted by Gasteiger charge is 2.13. The molecule has 0 unspecified atom stereocenters. The molecule has 1 aromatic carbocycles. The fourth-order valence-corrected chi connectivity index (χ4v) is 1.82. The Kier molecular flexibility index (Phi) is 3.01. The normalized spacial score (nSPS) is 11.8. The maximum Gasteiger partial charge on any atom is 0.173 e. The largest absolute Gasteiger partial charge is 0.409 e. The lowest BCUT2D eigenvalue weighted by atomic mass is 10.1. The molecule has 1 heterocycles. The monoisotopic (exact) mass is 250 g/mol. The van der Waals surface area contributed by atoms with Gasteiger partial charge in [0.05, 0.1) is 22.0 Å². The number of rotatable bonds is 2. The molecule has 6 heteroatoms. The van der Waals surface area contributed by atoms with Crippen LogP contribution in [0.3, 0.4) is 0 Å². The molecular weight excluding hydrogens is 240 g/mol. The average molecular weight is 251 g/mol. The highest BCUT2D eigenvalue weighted by atomic mass is 35.5. The van der Waals surface area contributed by atoms with Gasteiger partial charge in [0.25, 0.3) is 0 Å². The molecule has 0 aliphatic rings. The van der Waals surface area contributed by atoms with Crippen molar-refractivity contribution in [3.8, 4) is 5.69 Å². The van der Waals surface area contributed by atoms with E-state index in [0.29, 0.717) is 16.3 Å². The molecule has 0 atom stereocenters. The van der Waals surface area contributed by atoms with Crippen molar-refractivity contribution in [1.29, 1.82) is 0 Å². The first kappa shape index (κ1) is 11.5. The zero-order valence-corrected chi connectivity index (χ0v) is 9.89. The van der Waals surface area contributed by atoms with Crippen LogP contribution in [0.25, 0.3) is 5.69 Å². The van der Waals surface area contributed by atoms with E-state index in [1.54, 1.807) is 29.1 Å². The minimum Gasteiger partial charge on any atom is -0.409 e. The Morgan fingerprint density at radius 3 is 2.82 bits per heavy atom. The zero-order chi connectivity index (χ0) is 12.4. The molecule has 2 aromatic rings. The number of aryl methyl sites for hydroxylation is 1. The third-order valence-electron chi connectivity index (χ3n) is 2.32. The van der Waals surface area contributed by atoms with Gasteiger partial charge in [0.2, 0.25) is 0 Å². The Balaban J connectivity index is 2.66. The molecule has 0 amide bonds. The van der Waals surface area contributed by atoms with Crippen LogP contribution in [0.15, 0.2) is 35.6 Å². The van der Waals surface area contributed by atoms with E-state index in [4.69, 9.17) is 22.5 Å². The van der Waals surface area contributed by atoms with Gasteiger partial charge in [0, 0.05) is 6.20 Å². The van der Waals surface area contributed by atoms with Crippen LogP contribution in [0.2, 0.25) is 5.02 Å². The van der Waals surface area contributed by atoms with Gasteiger partial charge in [0.1, 0.15) is 0 Å². The number of oxime groups is 1. The predicted octanol–water partition coefficient (Wildman–Crippen LogP) is 1.93. The van der Waals surface area contributed by atoms with E-state index in [2.05, 4.69) is 10.3 Å². The summed E-state index contributed by atoms with van der Waals surface area (Å²) in [6.45, 7) is 1.88. The predicted molar refractivity (Wildman–Crippen MR) is 65.8 cm³/mol. The van der Waals surface area contributed by atoms with Gasteiger partial charge in [-0.25, -0.2) is 4.68 Å². The Morgan fingerprint density at radius 1 is 1.47 bits per heavy atom. The van der Waals surface area contributed by atoms with E-state index in [0.717, 1.165) is 5.69 Å². The van der Waals surface area contributed by atoms with Crippen molar-refractivity contribution < 1.29 is 5.21 Å². The Bertz CT molecular complexity index is 577. The minimum absolute atomic E-state index is 0.0428. The number of halogens is 1. The van der Waals surface area contributed by atoms with Gasteiger partial charge >= 0.3 is 0 Å². The molecule has 5 nitrogen and oxygen atoms in total. The molecular formula is C11H11ClN4O. The second-order valence-corrected chi connectivity index (χ2v) is 3.93. The smallest absolute Gasteiger partial charge is 0.173 e. The molecule has 0 saturated carbocycles. The van der Waals surface area contributed by atoms with Crippen LogP contribution in [0.1, 0.15) is 11.3 Å². The van der Waals surface area contributed by atoms with Gasteiger partial charge in [-0.2, -0.15) is 5.10 Å². The minimum atomic E-state index is -0.0428. The van der Waals surface area contributed by atoms with E-state index < -0.39 is 0 Å². The van der Waals surface area contributed by atoms with Crippen LogP contribution >= 0.6 is 11.6 Å². The summed E-state index contributed by atoms with van der Waals surface area (Å²) in [6, 6.07) is 7.11. The molecule has 88 valence electrons. The van der Waals surface area contributed by atoms with Crippen molar-refractivity contribution in [1.82, 2.24) is 9.78 Å². The molecule has 0 aliphatic carbocycles. The average Bonchev–Trinajstić information content (AvgIpc) is 2.74. The van der Waals surface area contributed by atoms with E-state index in [1.807, 2.05) is 13.0 Å². The fourth-order valence-electron chi connectivity index (χ4n) is 1.56. The molecule has 0 radical (unpaired) electrons. The lowest BCUT2D eigenvalue weighted by Gasteiger charge is -2.09. The Labute approximate surface area is 103 Å². The maximum absolute atomic E-state index is 8.76.